The molecule has 0 aliphatic heterocycles. The number of para-hydroxylation sites is 1. The van der Waals surface area contributed by atoms with Gasteiger partial charge in [-0.3, -0.25) is 4.79 Å². The van der Waals surface area contributed by atoms with Crippen molar-refractivity contribution in [2.75, 3.05) is 5.32 Å². The van der Waals surface area contributed by atoms with Crippen LogP contribution in [-0.4, -0.2) is 4.57 Å². The molecule has 0 unspecified atom stereocenters. The number of hydrogen-bond donors (Lipinski definition) is 1. The molecule has 0 saturated carbocycles. The van der Waals surface area contributed by atoms with E-state index in [9.17, 15) is 4.79 Å². The third-order valence-corrected chi connectivity index (χ3v) is 5.57. The highest BCUT2D eigenvalue weighted by atomic mass is 16.4. The van der Waals surface area contributed by atoms with Gasteiger partial charge in [-0.2, -0.15) is 0 Å². The van der Waals surface area contributed by atoms with Crippen LogP contribution in [0.25, 0.3) is 33.0 Å². The number of anilines is 1. The first-order valence-corrected chi connectivity index (χ1v) is 10.0. The summed E-state index contributed by atoms with van der Waals surface area (Å²) >= 11 is 0. The molecule has 4 heteroatoms. The molecule has 0 radical (unpaired) electrons. The normalized spacial score (nSPS) is 11.3. The predicted molar refractivity (Wildman–Crippen MR) is 123 cm³/mol. The fourth-order valence-corrected chi connectivity index (χ4v) is 3.96. The van der Waals surface area contributed by atoms with E-state index < -0.39 is 0 Å². The Hall–Kier alpha value is -3.79. The first-order valence-electron chi connectivity index (χ1n) is 10.0. The van der Waals surface area contributed by atoms with Gasteiger partial charge in [0.1, 0.15) is 0 Å². The molecule has 0 aliphatic carbocycles. The van der Waals surface area contributed by atoms with E-state index >= 15 is 0 Å². The van der Waals surface area contributed by atoms with Crippen LogP contribution in [0.3, 0.4) is 0 Å². The van der Waals surface area contributed by atoms with Crippen LogP contribution < -0.4 is 10.9 Å². The minimum absolute atomic E-state index is 0.0595. The molecule has 5 rings (SSSR count). The second-order valence-electron chi connectivity index (χ2n) is 7.60. The first-order chi connectivity index (χ1) is 14.6. The van der Waals surface area contributed by atoms with Crippen molar-refractivity contribution in [1.29, 1.82) is 0 Å². The molecular weight excluding hydrogens is 372 g/mol. The summed E-state index contributed by atoms with van der Waals surface area (Å²) in [5.41, 5.74) is 5.51. The van der Waals surface area contributed by atoms with Crippen molar-refractivity contribution in [2.24, 2.45) is 7.05 Å². The molecule has 2 aromatic heterocycles. The molecule has 0 aliphatic rings. The molecule has 1 N–H and O–H groups in total. The summed E-state index contributed by atoms with van der Waals surface area (Å²) in [5.74, 6) is 0.617. The van der Waals surface area contributed by atoms with Crippen molar-refractivity contribution in [1.82, 2.24) is 4.57 Å². The van der Waals surface area contributed by atoms with Gasteiger partial charge in [0.15, 0.2) is 5.58 Å². The van der Waals surface area contributed by atoms with Crippen molar-refractivity contribution in [3.8, 4) is 11.1 Å². The van der Waals surface area contributed by atoms with E-state index in [1.807, 2.05) is 61.6 Å². The van der Waals surface area contributed by atoms with Gasteiger partial charge < -0.3 is 14.3 Å². The zero-order valence-electron chi connectivity index (χ0n) is 17.0. The number of nitrogens with zero attached hydrogens (tertiary/aromatic N) is 1. The van der Waals surface area contributed by atoms with Gasteiger partial charge >= 0.3 is 0 Å². The van der Waals surface area contributed by atoms with Crippen molar-refractivity contribution in [3.05, 3.63) is 100 Å². The van der Waals surface area contributed by atoms with E-state index in [2.05, 4.69) is 36.5 Å². The van der Waals surface area contributed by atoms with Crippen LogP contribution in [0.2, 0.25) is 0 Å². The summed E-state index contributed by atoms with van der Waals surface area (Å²) < 4.78 is 8.03. The Morgan fingerprint density at radius 1 is 0.900 bits per heavy atom. The standard InChI is InChI=1S/C26H22N2O2/c1-17-12-14-19(15-13-17)22-23-24(20-10-6-7-11-21(20)28(2)26(23)29)30-25(22)27-16-18-8-4-3-5-9-18/h3-15,27H,16H2,1-2H3. The maximum Gasteiger partial charge on any atom is 0.262 e. The molecule has 0 amide bonds. The molecule has 0 spiro atoms. The summed E-state index contributed by atoms with van der Waals surface area (Å²) in [5, 5.41) is 4.96. The van der Waals surface area contributed by atoms with E-state index in [1.54, 1.807) is 4.57 Å². The Morgan fingerprint density at radius 3 is 2.37 bits per heavy atom. The van der Waals surface area contributed by atoms with Crippen LogP contribution in [0.15, 0.2) is 88.1 Å². The number of fused-ring (bicyclic) bond motifs is 3. The van der Waals surface area contributed by atoms with Crippen LogP contribution in [0.1, 0.15) is 11.1 Å². The summed E-state index contributed by atoms with van der Waals surface area (Å²) in [4.78, 5) is 13.4. The molecule has 30 heavy (non-hydrogen) atoms. The van der Waals surface area contributed by atoms with Gasteiger partial charge in [0.25, 0.3) is 5.56 Å². The maximum absolute atomic E-state index is 13.4. The average molecular weight is 394 g/mol. The first kappa shape index (κ1) is 18.3. The van der Waals surface area contributed by atoms with E-state index in [0.717, 1.165) is 27.6 Å². The number of hydrogen-bond acceptors (Lipinski definition) is 3. The number of aromatic nitrogens is 1. The lowest BCUT2D eigenvalue weighted by Crippen LogP contribution is -2.17. The van der Waals surface area contributed by atoms with E-state index in [-0.39, 0.29) is 5.56 Å². The van der Waals surface area contributed by atoms with Gasteiger partial charge in [0, 0.05) is 19.0 Å². The van der Waals surface area contributed by atoms with Crippen LogP contribution in [0, 0.1) is 6.92 Å². The van der Waals surface area contributed by atoms with Gasteiger partial charge in [-0.25, -0.2) is 0 Å². The number of nitrogens with one attached hydrogen (secondary N) is 1. The summed E-state index contributed by atoms with van der Waals surface area (Å²) in [6.07, 6.45) is 0. The number of rotatable bonds is 4. The fourth-order valence-electron chi connectivity index (χ4n) is 3.96. The van der Waals surface area contributed by atoms with E-state index in [0.29, 0.717) is 23.4 Å². The van der Waals surface area contributed by atoms with E-state index in [1.165, 1.54) is 5.56 Å². The van der Waals surface area contributed by atoms with Crippen molar-refractivity contribution >= 4 is 27.8 Å². The summed E-state index contributed by atoms with van der Waals surface area (Å²) in [7, 11) is 1.81. The topological polar surface area (TPSA) is 47.2 Å². The minimum Gasteiger partial charge on any atom is -0.439 e. The zero-order valence-corrected chi connectivity index (χ0v) is 17.0. The number of furan rings is 1. The van der Waals surface area contributed by atoms with Crippen molar-refractivity contribution in [2.45, 2.75) is 13.5 Å². The quantitative estimate of drug-likeness (QED) is 0.414. The highest BCUT2D eigenvalue weighted by Gasteiger charge is 2.22. The second kappa shape index (κ2) is 7.23. The lowest BCUT2D eigenvalue weighted by atomic mass is 10.0. The van der Waals surface area contributed by atoms with Crippen LogP contribution in [0.4, 0.5) is 5.88 Å². The van der Waals surface area contributed by atoms with Crippen LogP contribution in [-0.2, 0) is 13.6 Å². The smallest absolute Gasteiger partial charge is 0.262 e. The molecule has 0 saturated heterocycles. The Bertz CT molecular complexity index is 1410. The number of benzene rings is 3. The van der Waals surface area contributed by atoms with Crippen LogP contribution in [0.5, 0.6) is 0 Å². The van der Waals surface area contributed by atoms with Gasteiger partial charge in [-0.15, -0.1) is 0 Å². The predicted octanol–water partition coefficient (Wildman–Crippen LogP) is 5.87. The van der Waals surface area contributed by atoms with Gasteiger partial charge in [0.05, 0.1) is 16.5 Å². The van der Waals surface area contributed by atoms with Crippen molar-refractivity contribution < 1.29 is 4.42 Å². The van der Waals surface area contributed by atoms with Gasteiger partial charge in [-0.1, -0.05) is 72.3 Å². The molecule has 5 aromatic rings. The van der Waals surface area contributed by atoms with Crippen molar-refractivity contribution in [3.63, 3.8) is 0 Å². The fraction of sp³-hybridized carbons (Fsp3) is 0.115. The molecule has 0 bridgehead atoms. The second-order valence-corrected chi connectivity index (χ2v) is 7.60. The highest BCUT2D eigenvalue weighted by Crippen LogP contribution is 2.39. The Balaban J connectivity index is 1.78. The minimum atomic E-state index is -0.0595. The van der Waals surface area contributed by atoms with Crippen LogP contribution >= 0.6 is 0 Å². The SMILES string of the molecule is Cc1ccc(-c2c(NCc3ccccc3)oc3c2c(=O)n(C)c2ccccc32)cc1. The molecular formula is C26H22N2O2. The lowest BCUT2D eigenvalue weighted by molar-refractivity contribution is 0.629. The Kier molecular flexibility index (Phi) is 4.40. The third-order valence-electron chi connectivity index (χ3n) is 5.57. The number of pyridine rings is 1. The third kappa shape index (κ3) is 2.98. The monoisotopic (exact) mass is 394 g/mol. The molecule has 2 heterocycles. The maximum atomic E-state index is 13.4. The summed E-state index contributed by atoms with van der Waals surface area (Å²) in [6, 6.07) is 26.2. The van der Waals surface area contributed by atoms with E-state index in [4.69, 9.17) is 4.42 Å². The molecule has 4 nitrogen and oxygen atoms in total. The average Bonchev–Trinajstić information content (AvgIpc) is 3.17. The largest absolute Gasteiger partial charge is 0.439 e. The molecule has 148 valence electrons. The lowest BCUT2D eigenvalue weighted by Gasteiger charge is -2.08. The molecule has 0 atom stereocenters. The summed E-state index contributed by atoms with van der Waals surface area (Å²) in [6.45, 7) is 2.66. The Morgan fingerprint density at radius 2 is 1.60 bits per heavy atom. The highest BCUT2D eigenvalue weighted by molar-refractivity contribution is 6.10. The zero-order chi connectivity index (χ0) is 20.7. The number of aryl methyl sites for hydroxylation is 2. The molecule has 3 aromatic carbocycles. The van der Waals surface area contributed by atoms with Gasteiger partial charge in [-0.05, 0) is 30.2 Å². The Labute approximate surface area is 174 Å². The van der Waals surface area contributed by atoms with Gasteiger partial charge in [0.2, 0.25) is 5.88 Å². The molecule has 0 fully saturated rings.